The van der Waals surface area contributed by atoms with E-state index in [4.69, 9.17) is 0 Å². The van der Waals surface area contributed by atoms with Gasteiger partial charge < -0.3 is 0 Å². The second kappa shape index (κ2) is 24.5. The number of nitrogens with zero attached hydrogens (tertiary/aromatic N) is 1. The van der Waals surface area contributed by atoms with Gasteiger partial charge in [-0.05, 0) is 154 Å². The van der Waals surface area contributed by atoms with E-state index < -0.39 is 0 Å². The summed E-state index contributed by atoms with van der Waals surface area (Å²) in [6.45, 7) is 4.57. The molecule has 0 aliphatic heterocycles. The average Bonchev–Trinajstić information content (AvgIpc) is 3.18. The fourth-order valence-corrected chi connectivity index (χ4v) is 25.3. The molecule has 0 atom stereocenters. The van der Waals surface area contributed by atoms with Crippen molar-refractivity contribution in [2.24, 2.45) is 0 Å². The third-order valence-corrected chi connectivity index (χ3v) is 27.1. The summed E-state index contributed by atoms with van der Waals surface area (Å²) in [6, 6.07) is 0. The summed E-state index contributed by atoms with van der Waals surface area (Å²) in [5.41, 5.74) is 7.07. The Morgan fingerprint density at radius 1 is 0.312 bits per heavy atom. The molecule has 0 unspecified atom stereocenters. The van der Waals surface area contributed by atoms with Crippen LogP contribution in [0.15, 0.2) is 0 Å². The van der Waals surface area contributed by atoms with Crippen molar-refractivity contribution >= 4 is 33.5 Å². The third-order valence-electron chi connectivity index (χ3n) is 14.9. The first-order chi connectivity index (χ1) is 23.8. The number of rotatable bonds is 15. The van der Waals surface area contributed by atoms with Gasteiger partial charge in [-0.3, -0.25) is 4.90 Å². The quantitative estimate of drug-likeness (QED) is 0.117. The molecule has 0 aromatic heterocycles. The van der Waals surface area contributed by atoms with Crippen LogP contribution in [0.4, 0.5) is 0 Å². The molecule has 0 radical (unpaired) electrons. The van der Waals surface area contributed by atoms with Crippen molar-refractivity contribution in [3.63, 3.8) is 0 Å². The molecule has 0 N–H and O–H groups in total. The van der Waals surface area contributed by atoms with Gasteiger partial charge in [0.15, 0.2) is 0 Å². The second-order valence-electron chi connectivity index (χ2n) is 17.8. The molecule has 6 aliphatic rings. The molecule has 6 saturated carbocycles. The Hall–Kier alpha value is 2.16. The van der Waals surface area contributed by atoms with Gasteiger partial charge >= 0.3 is 27.0 Å². The third kappa shape index (κ3) is 13.5. The van der Waals surface area contributed by atoms with Crippen LogP contribution in [0.25, 0.3) is 0 Å². The van der Waals surface area contributed by atoms with E-state index in [1.165, 1.54) is 53.6 Å². The summed E-state index contributed by atoms with van der Waals surface area (Å²) in [6.07, 6.45) is 52.6. The zero-order valence-corrected chi connectivity index (χ0v) is 37.0. The van der Waals surface area contributed by atoms with Crippen LogP contribution in [0.3, 0.4) is 0 Å². The standard InChI is InChI=1S/C42H78NP3.ClH.Rh/c1-7-19-37(20-8-1)44(38-21-9-2-10-22-38)34-31-43(32-35-45(39-23-11-3-12-24-39)40-25-13-4-14-26-40)33-36-46(41-27-15-5-16-28-41)42-29-17-6-18-30-42;;/h37-42H,1-36H2;1H;/q;;+3/p+2. The van der Waals surface area contributed by atoms with Gasteiger partial charge in [0, 0.05) is 43.4 Å². The second-order valence-corrected chi connectivity index (χ2v) is 27.7. The molecule has 280 valence electrons. The van der Waals surface area contributed by atoms with Crippen molar-refractivity contribution < 1.29 is 17.3 Å². The number of hydrogen-bond donors (Lipinski definition) is 0. The Bertz CT molecular complexity index is 640. The molecule has 6 aliphatic carbocycles. The van der Waals surface area contributed by atoms with Gasteiger partial charge in [-0.15, -0.1) is 0 Å². The molecule has 0 aromatic rings. The van der Waals surface area contributed by atoms with Crippen LogP contribution in [0.2, 0.25) is 0 Å². The van der Waals surface area contributed by atoms with Gasteiger partial charge in [-0.1, -0.05) is 38.5 Å². The molecule has 0 spiro atoms. The summed E-state index contributed by atoms with van der Waals surface area (Å²) < 4.78 is 0. The van der Waals surface area contributed by atoms with E-state index in [-0.39, 0.29) is 23.8 Å². The van der Waals surface area contributed by atoms with Crippen molar-refractivity contribution in [2.45, 2.75) is 227 Å². The molecule has 48 heavy (non-hydrogen) atoms. The Labute approximate surface area is 318 Å². The Morgan fingerprint density at radius 2 is 0.479 bits per heavy atom. The van der Waals surface area contributed by atoms with Gasteiger partial charge in [0.25, 0.3) is 0 Å². The van der Waals surface area contributed by atoms with Crippen molar-refractivity contribution in [3.05, 3.63) is 0 Å². The molecule has 0 saturated heterocycles. The first-order valence-electron chi connectivity index (χ1n) is 22.3. The molecule has 0 amide bonds. The minimum atomic E-state index is -0.222. The molecule has 6 fully saturated rings. The summed E-state index contributed by atoms with van der Waals surface area (Å²) in [4.78, 5) is 3.24. The average molecular weight is 831 g/mol. The number of hydrogen-bond acceptors (Lipinski definition) is 1. The number of halogens is 1. The summed E-state index contributed by atoms with van der Waals surface area (Å²) in [7, 11) is 3.86. The van der Waals surface area contributed by atoms with E-state index in [2.05, 4.69) is 14.6 Å². The maximum absolute atomic E-state index is 4.53. The zero-order valence-electron chi connectivity index (χ0n) is 31.6. The molecule has 0 aromatic carbocycles. The van der Waals surface area contributed by atoms with Crippen LogP contribution in [0.5, 0.6) is 0 Å². The van der Waals surface area contributed by atoms with E-state index in [0.717, 1.165) is 0 Å². The molecular weight excluding hydrogens is 750 g/mol. The monoisotopic (exact) mass is 830 g/mol. The predicted octanol–water partition coefficient (Wildman–Crippen LogP) is 13.6. The fourth-order valence-electron chi connectivity index (χ4n) is 12.3. The summed E-state index contributed by atoms with van der Waals surface area (Å²) in [5, 5.41) is 0. The molecule has 6 rings (SSSR count). The Kier molecular flexibility index (Phi) is 21.1. The predicted molar refractivity (Wildman–Crippen MR) is 223 cm³/mol. The fraction of sp³-hybridized carbons (Fsp3) is 1.00. The van der Waals surface area contributed by atoms with E-state index in [1.807, 2.05) is 17.3 Å². The Balaban J connectivity index is 0.00000221. The normalized spacial score (nSPS) is 25.6. The van der Waals surface area contributed by atoms with Crippen molar-refractivity contribution in [1.29, 1.82) is 0 Å². The molecule has 1 nitrogen and oxygen atoms in total. The molecule has 6 heteroatoms. The Morgan fingerprint density at radius 3 is 0.646 bits per heavy atom. The van der Waals surface area contributed by atoms with Gasteiger partial charge in [0.2, 0.25) is 0 Å². The summed E-state index contributed by atoms with van der Waals surface area (Å²) >= 11 is 2.02. The van der Waals surface area contributed by atoms with E-state index in [0.29, 0.717) is 0 Å². The van der Waals surface area contributed by atoms with E-state index in [1.54, 1.807) is 211 Å². The molecule has 0 heterocycles. The van der Waals surface area contributed by atoms with Crippen molar-refractivity contribution in [3.8, 4) is 0 Å². The van der Waals surface area contributed by atoms with Gasteiger partial charge in [-0.25, -0.2) is 0 Å². The van der Waals surface area contributed by atoms with E-state index in [9.17, 15) is 0 Å². The van der Waals surface area contributed by atoms with Crippen LogP contribution in [-0.4, -0.2) is 77.0 Å². The van der Waals surface area contributed by atoms with Crippen LogP contribution < -0.4 is 0 Å². The van der Waals surface area contributed by atoms with Gasteiger partial charge in [-0.2, -0.15) is 0 Å². The summed E-state index contributed by atoms with van der Waals surface area (Å²) in [5.74, 6) is 0. The van der Waals surface area contributed by atoms with Gasteiger partial charge in [0.05, 0.1) is 52.4 Å². The zero-order chi connectivity index (χ0) is 33.2. The van der Waals surface area contributed by atoms with Gasteiger partial charge in [0.1, 0.15) is 0 Å². The van der Waals surface area contributed by atoms with Crippen LogP contribution in [0, 0.1) is 0 Å². The maximum atomic E-state index is 4.53. The van der Waals surface area contributed by atoms with Crippen LogP contribution in [-0.2, 0) is 17.3 Å². The van der Waals surface area contributed by atoms with Crippen molar-refractivity contribution in [2.75, 3.05) is 38.1 Å². The van der Waals surface area contributed by atoms with E-state index >= 15 is 0 Å². The first kappa shape index (κ1) is 41.3. The van der Waals surface area contributed by atoms with Crippen LogP contribution in [0.1, 0.15) is 193 Å². The minimum absolute atomic E-state index is 0.222. The molecule has 0 bridgehead atoms. The first-order valence-corrected chi connectivity index (χ1v) is 30.0. The molecular formula is C42H81ClNP3Rh+5. The van der Waals surface area contributed by atoms with Crippen molar-refractivity contribution in [1.82, 2.24) is 4.90 Å². The SMILES string of the molecule is C1CCC([PH+](CCN(CC[PH+](C2CCCCC2)C2CCCCC2)CC[PH+](C2CCCCC2)C2CCCCC2)C2CCCCC2)CC1.[Cl][Rh+2]. The topological polar surface area (TPSA) is 3.24 Å². The van der Waals surface area contributed by atoms with Crippen LogP contribution >= 0.6 is 33.5 Å².